The number of hydrogen-bond donors (Lipinski definition) is 0. The van der Waals surface area contributed by atoms with Crippen LogP contribution in [0.25, 0.3) is 97.5 Å². The van der Waals surface area contributed by atoms with Crippen LogP contribution in [0.2, 0.25) is 66.5 Å². The van der Waals surface area contributed by atoms with Crippen LogP contribution in [0.3, 0.4) is 0 Å². The van der Waals surface area contributed by atoms with Gasteiger partial charge in [0.25, 0.3) is 0 Å². The van der Waals surface area contributed by atoms with Crippen molar-refractivity contribution in [1.29, 1.82) is 0 Å². The summed E-state index contributed by atoms with van der Waals surface area (Å²) in [6.07, 6.45) is 0.120. The second-order valence-electron chi connectivity index (χ2n) is 40.6. The van der Waals surface area contributed by atoms with E-state index in [0.717, 1.165) is 7.57 Å². The van der Waals surface area contributed by atoms with Crippen molar-refractivity contribution in [3.05, 3.63) is 130 Å². The fourth-order valence-corrected chi connectivity index (χ4v) is 54.7. The highest BCUT2D eigenvalue weighted by Crippen LogP contribution is 2.54. The average molecular weight is 2130 g/mol. The molecular formula is C103H132B2Br2O5S12Si4. The lowest BCUT2D eigenvalue weighted by atomic mass is 9.88. The highest BCUT2D eigenvalue weighted by molar-refractivity contribution is 9.11. The number of halogens is 2. The molecule has 0 radical (unpaired) electrons. The van der Waals surface area contributed by atoms with Gasteiger partial charge in [0.05, 0.1) is 71.0 Å². The van der Waals surface area contributed by atoms with Gasteiger partial charge in [0.2, 0.25) is 0 Å². The van der Waals surface area contributed by atoms with Crippen molar-refractivity contribution in [2.75, 3.05) is 0 Å². The Balaban J connectivity index is 0.000000168. The lowest BCUT2D eigenvalue weighted by molar-refractivity contribution is 0.00578. The zero-order chi connectivity index (χ0) is 93.9. The van der Waals surface area contributed by atoms with Crippen molar-refractivity contribution in [1.82, 2.24) is 0 Å². The van der Waals surface area contributed by atoms with E-state index in [4.69, 9.17) is 23.3 Å². The number of benzene rings is 2. The second-order valence-corrected chi connectivity index (χ2v) is 77.9. The Morgan fingerprint density at radius 1 is 0.289 bits per heavy atom. The molecule has 0 unspecified atom stereocenters. The van der Waals surface area contributed by atoms with E-state index in [1.54, 1.807) is 45.3 Å². The van der Waals surface area contributed by atoms with Crippen molar-refractivity contribution in [2.24, 2.45) is 0 Å². The normalized spacial score (nSPS) is 15.4. The van der Waals surface area contributed by atoms with Crippen LogP contribution in [0.5, 0.6) is 0 Å². The van der Waals surface area contributed by atoms with Gasteiger partial charge in [0, 0.05) is 89.5 Å². The highest BCUT2D eigenvalue weighted by Gasteiger charge is 2.55. The minimum absolute atomic E-state index is 0.120. The summed E-state index contributed by atoms with van der Waals surface area (Å²) in [6, 6.07) is 27.5. The van der Waals surface area contributed by atoms with Gasteiger partial charge in [-0.15, -0.1) is 158 Å². The van der Waals surface area contributed by atoms with Crippen molar-refractivity contribution in [3.8, 4) is 65.4 Å². The molecule has 0 aliphatic carbocycles. The van der Waals surface area contributed by atoms with E-state index in [2.05, 4.69) is 371 Å². The summed E-state index contributed by atoms with van der Waals surface area (Å²) in [7, 11) is -8.44. The molecule has 128 heavy (non-hydrogen) atoms. The Morgan fingerprint density at radius 2 is 0.531 bits per heavy atom. The SMILES string of the molecule is CC(C)OB1OC(C)(C)C(C)(C)O1.CC(C)[Si](C#Cc1c2cc(-c3cc4sccc4s3)sc2c(C#C[Si](C(C)C)(C(C)C)C(C)C)c2cc(-c3cc4sccc4s3)sc12)(C(C)C)C(C)C.CC(C)[Si](C#Cc1c2cc(Br)sc2c(C#C[Si](C(C)C)(C(C)C)C(C)C)c2cc(Br)sc12)(C(C)C)C(C)C.CC1(C)OB(c2cc3sccc3s2)OC1(C)C.c1cc2sccc2s1. The van der Waals surface area contributed by atoms with Crippen molar-refractivity contribution in [2.45, 2.75) is 330 Å². The molecule has 2 aliphatic heterocycles. The van der Waals surface area contributed by atoms with Gasteiger partial charge in [-0.2, -0.15) is 0 Å². The molecule has 0 bridgehead atoms. The average Bonchev–Trinajstić information content (AvgIpc) is 1.63. The second kappa shape index (κ2) is 41.3. The standard InChI is InChI=1S/C44H50S6Si2.C32H44Br2S2Si2.C12H15BO2S2.C9H19BO3.C6H4S2/c1-25(2)51(26(3)4,27(5)6)19-15-31-33-21-39(41-23-37-35(47-41)13-17-45-37)50-44(33)32(16-20-52(28(7)8,29(9)10)30(11)12)34-22-40(49-43(31)34)42-24-38-36(48-42)14-18-46-38;1-19(2)37(20(3)4,21(5)6)15-13-25-27-17-29(33)36-32(27)26(28-18-30(34)35-31(25)28)14-16-38(22(7)8,23(9)10)24(11)12;1-11(2)12(3,4)15-13(14-11)10-7-9-8(17-10)5-6-16-9;1-7(2)11-10-12-8(3,4)9(5,6)13-10;1-3-7-6-2-4-8-5(1)6/h13-14,17-18,21-30H,1-12H3;17-24H,1-12H3;5-7H,1-4H3;7H,1-6H3;1-4H. The fourth-order valence-electron chi connectivity index (χ4n) is 20.0. The molecule has 2 fully saturated rings. The largest absolute Gasteiger partial charge is 0.640 e. The Labute approximate surface area is 836 Å². The summed E-state index contributed by atoms with van der Waals surface area (Å²) in [4.78, 5) is 5.39. The third kappa shape index (κ3) is 20.7. The van der Waals surface area contributed by atoms with Gasteiger partial charge in [-0.25, -0.2) is 0 Å². The van der Waals surface area contributed by atoms with Gasteiger partial charge in [-0.05, 0) is 267 Å². The maximum Gasteiger partial charge on any atom is 0.640 e. The molecule has 0 N–H and O–H groups in total. The van der Waals surface area contributed by atoms with Crippen LogP contribution in [0.1, 0.15) is 258 Å². The van der Waals surface area contributed by atoms with Gasteiger partial charge in [0.1, 0.15) is 32.3 Å². The molecule has 2 saturated heterocycles. The fraction of sp³-hybridized carbons (Fsp3) is 0.495. The van der Waals surface area contributed by atoms with Gasteiger partial charge in [0.15, 0.2) is 0 Å². The Bertz CT molecular complexity index is 5860. The molecule has 2 aromatic carbocycles. The molecule has 5 nitrogen and oxygen atoms in total. The van der Waals surface area contributed by atoms with Crippen molar-refractivity contribution >= 4 is 297 Å². The predicted molar refractivity (Wildman–Crippen MR) is 606 cm³/mol. The monoisotopic (exact) mass is 2120 g/mol. The van der Waals surface area contributed by atoms with Gasteiger partial charge < -0.3 is 23.3 Å². The van der Waals surface area contributed by atoms with Gasteiger partial charge >= 0.3 is 14.4 Å². The first-order chi connectivity index (χ1) is 59.9. The number of rotatable bonds is 17. The van der Waals surface area contributed by atoms with Crippen molar-refractivity contribution in [3.63, 3.8) is 0 Å². The molecule has 12 aromatic heterocycles. The van der Waals surface area contributed by atoms with Gasteiger partial charge in [-0.1, -0.05) is 190 Å². The van der Waals surface area contributed by atoms with E-state index in [1.807, 2.05) is 132 Å². The van der Waals surface area contributed by atoms with E-state index in [1.165, 1.54) is 124 Å². The molecule has 14 heterocycles. The lowest BCUT2D eigenvalue weighted by Gasteiger charge is -2.38. The summed E-state index contributed by atoms with van der Waals surface area (Å²) >= 11 is 29.8. The minimum atomic E-state index is -1.99. The zero-order valence-electron chi connectivity index (χ0n) is 81.7. The third-order valence-corrected chi connectivity index (χ3v) is 67.4. The van der Waals surface area contributed by atoms with Crippen LogP contribution in [0, 0.1) is 45.9 Å². The molecule has 25 heteroatoms. The van der Waals surface area contributed by atoms with Gasteiger partial charge in [-0.3, -0.25) is 0 Å². The number of fused-ring (bicyclic) bond motifs is 8. The summed E-state index contributed by atoms with van der Waals surface area (Å²) in [6.45, 7) is 78.1. The Kier molecular flexibility index (Phi) is 33.5. The van der Waals surface area contributed by atoms with Crippen LogP contribution in [-0.2, 0) is 23.3 Å². The smallest absolute Gasteiger partial charge is 0.399 e. The maximum absolute atomic E-state index is 6.04. The molecular weight excluding hydrogens is 2000 g/mol. The third-order valence-electron chi connectivity index (χ3n) is 28.0. The summed E-state index contributed by atoms with van der Waals surface area (Å²) < 4.78 is 48.4. The summed E-state index contributed by atoms with van der Waals surface area (Å²) in [5.41, 5.74) is 27.2. The molecule has 0 amide bonds. The lowest BCUT2D eigenvalue weighted by Crippen LogP contribution is -2.43. The number of thiophene rings is 12. The molecule has 14 aromatic rings. The van der Waals surface area contributed by atoms with E-state index in [0.29, 0.717) is 66.5 Å². The van der Waals surface area contributed by atoms with E-state index >= 15 is 0 Å². The molecule has 16 rings (SSSR count). The first-order valence-corrected chi connectivity index (χ1v) is 66.2. The quantitative estimate of drug-likeness (QED) is 0.0672. The van der Waals surface area contributed by atoms with E-state index in [9.17, 15) is 0 Å². The minimum Gasteiger partial charge on any atom is -0.399 e. The van der Waals surface area contributed by atoms with E-state index < -0.39 is 39.6 Å². The first-order valence-electron chi connectivity index (χ1n) is 45.6. The van der Waals surface area contributed by atoms with E-state index in [-0.39, 0.29) is 35.6 Å². The van der Waals surface area contributed by atoms with Crippen LogP contribution in [-0.4, -0.2) is 75.2 Å². The molecule has 2 aliphatic rings. The highest BCUT2D eigenvalue weighted by atomic mass is 79.9. The Morgan fingerprint density at radius 3 is 0.805 bits per heavy atom. The molecule has 0 spiro atoms. The zero-order valence-corrected chi connectivity index (χ0v) is 98.6. The topological polar surface area (TPSA) is 46.2 Å². The molecule has 0 saturated carbocycles. The summed E-state index contributed by atoms with van der Waals surface area (Å²) in [5, 5.41) is 15.9. The van der Waals surface area contributed by atoms with Crippen LogP contribution in [0.4, 0.5) is 0 Å². The van der Waals surface area contributed by atoms with Crippen LogP contribution in [0.15, 0.2) is 107 Å². The predicted octanol–water partition coefficient (Wildman–Crippen LogP) is 38.1. The maximum atomic E-state index is 6.04. The Hall–Kier alpha value is -3.08. The number of hydrogen-bond acceptors (Lipinski definition) is 17. The molecule has 682 valence electrons. The summed E-state index contributed by atoms with van der Waals surface area (Å²) in [5.74, 6) is 15.8. The first kappa shape index (κ1) is 104. The molecule has 0 atom stereocenters. The van der Waals surface area contributed by atoms with Crippen LogP contribution < -0.4 is 4.78 Å². The van der Waals surface area contributed by atoms with Crippen LogP contribution >= 0.6 is 168 Å². The van der Waals surface area contributed by atoms with Crippen molar-refractivity contribution < 1.29 is 23.3 Å².